The van der Waals surface area contributed by atoms with Crippen LogP contribution in [0, 0.1) is 0 Å². The summed E-state index contributed by atoms with van der Waals surface area (Å²) in [4.78, 5) is 6.85. The summed E-state index contributed by atoms with van der Waals surface area (Å²) < 4.78 is 5.47. The molecule has 1 aromatic heterocycles. The third-order valence-corrected chi connectivity index (χ3v) is 4.34. The van der Waals surface area contributed by atoms with Gasteiger partial charge in [0.15, 0.2) is 5.82 Å². The summed E-state index contributed by atoms with van der Waals surface area (Å²) in [5.74, 6) is 1.91. The number of nitrogens with zero attached hydrogens (tertiary/aromatic N) is 3. The van der Waals surface area contributed by atoms with Gasteiger partial charge in [-0.3, -0.25) is 0 Å². The molecule has 2 N–H and O–H groups in total. The van der Waals surface area contributed by atoms with Crippen molar-refractivity contribution < 1.29 is 4.52 Å². The smallest absolute Gasteiger partial charge is 0.229 e. The molecule has 1 saturated carbocycles. The van der Waals surface area contributed by atoms with E-state index >= 15 is 0 Å². The number of likely N-dealkylation sites (N-methyl/N-ethyl adjacent to an activating group) is 1. The van der Waals surface area contributed by atoms with Gasteiger partial charge in [0, 0.05) is 12.5 Å². The van der Waals surface area contributed by atoms with E-state index in [2.05, 4.69) is 28.9 Å². The highest BCUT2D eigenvalue weighted by Gasteiger charge is 2.23. The summed E-state index contributed by atoms with van der Waals surface area (Å²) in [6.07, 6.45) is 7.56. The fraction of sp³-hybridized carbons (Fsp3) is 0.867. The Morgan fingerprint density at radius 1 is 1.20 bits per heavy atom. The molecule has 5 heteroatoms. The molecular weight excluding hydrogens is 252 g/mol. The van der Waals surface area contributed by atoms with E-state index in [0.29, 0.717) is 11.7 Å². The maximum atomic E-state index is 6.19. The molecule has 0 aromatic carbocycles. The average molecular weight is 280 g/mol. The van der Waals surface area contributed by atoms with Crippen molar-refractivity contribution in [1.29, 1.82) is 0 Å². The third-order valence-electron chi connectivity index (χ3n) is 4.34. The summed E-state index contributed by atoms with van der Waals surface area (Å²) >= 11 is 0. The Morgan fingerprint density at radius 2 is 1.85 bits per heavy atom. The molecule has 0 bridgehead atoms. The molecule has 20 heavy (non-hydrogen) atoms. The van der Waals surface area contributed by atoms with Crippen LogP contribution in [0.4, 0.5) is 0 Å². The maximum Gasteiger partial charge on any atom is 0.229 e. The van der Waals surface area contributed by atoms with Gasteiger partial charge in [-0.2, -0.15) is 4.98 Å². The van der Waals surface area contributed by atoms with E-state index in [1.807, 2.05) is 0 Å². The van der Waals surface area contributed by atoms with Crippen LogP contribution < -0.4 is 5.73 Å². The number of rotatable bonds is 6. The number of aromatic nitrogens is 2. The quantitative estimate of drug-likeness (QED) is 0.811. The minimum atomic E-state index is -0.154. The molecule has 1 fully saturated rings. The summed E-state index contributed by atoms with van der Waals surface area (Å²) in [6, 6.07) is -0.154. The van der Waals surface area contributed by atoms with Crippen molar-refractivity contribution in [3.05, 3.63) is 11.7 Å². The zero-order chi connectivity index (χ0) is 14.4. The van der Waals surface area contributed by atoms with E-state index in [4.69, 9.17) is 10.3 Å². The minimum Gasteiger partial charge on any atom is -0.339 e. The van der Waals surface area contributed by atoms with Crippen molar-refractivity contribution >= 4 is 0 Å². The zero-order valence-electron chi connectivity index (χ0n) is 12.8. The Labute approximate surface area is 121 Å². The first-order valence-corrected chi connectivity index (χ1v) is 8.06. The standard InChI is InChI=1S/C15H28N4O/c1-3-19(4-2)11-13(16)14-17-15(20-18-14)12-9-7-5-6-8-10-12/h12-13H,3-11,16H2,1-2H3. The average Bonchev–Trinajstić information content (AvgIpc) is 2.80. The Balaban J connectivity index is 1.96. The molecule has 114 valence electrons. The fourth-order valence-electron chi connectivity index (χ4n) is 2.93. The second kappa shape index (κ2) is 7.74. The normalized spacial score (nSPS) is 19.2. The van der Waals surface area contributed by atoms with Gasteiger partial charge in [-0.15, -0.1) is 0 Å². The molecule has 1 atom stereocenters. The maximum absolute atomic E-state index is 6.19. The highest BCUT2D eigenvalue weighted by atomic mass is 16.5. The van der Waals surface area contributed by atoms with Gasteiger partial charge in [0.25, 0.3) is 0 Å². The lowest BCUT2D eigenvalue weighted by atomic mass is 10.0. The summed E-state index contributed by atoms with van der Waals surface area (Å²) in [6.45, 7) is 7.07. The van der Waals surface area contributed by atoms with E-state index in [9.17, 15) is 0 Å². The molecule has 1 aliphatic carbocycles. The summed E-state index contributed by atoms with van der Waals surface area (Å²) in [5.41, 5.74) is 6.19. The van der Waals surface area contributed by atoms with Crippen LogP contribution in [-0.4, -0.2) is 34.7 Å². The molecule has 1 unspecified atom stereocenters. The van der Waals surface area contributed by atoms with Gasteiger partial charge in [-0.25, -0.2) is 0 Å². The highest BCUT2D eigenvalue weighted by molar-refractivity contribution is 4.99. The van der Waals surface area contributed by atoms with E-state index < -0.39 is 0 Å². The SMILES string of the molecule is CCN(CC)CC(N)c1noc(C2CCCCCC2)n1. The van der Waals surface area contributed by atoms with Crippen molar-refractivity contribution in [2.45, 2.75) is 64.3 Å². The molecule has 0 aliphatic heterocycles. The van der Waals surface area contributed by atoms with E-state index in [0.717, 1.165) is 25.5 Å². The molecule has 1 aliphatic rings. The minimum absolute atomic E-state index is 0.154. The predicted molar refractivity (Wildman–Crippen MR) is 79.5 cm³/mol. The van der Waals surface area contributed by atoms with Crippen LogP contribution in [-0.2, 0) is 0 Å². The molecule has 1 aromatic rings. The molecule has 0 spiro atoms. The molecule has 1 heterocycles. The fourth-order valence-corrected chi connectivity index (χ4v) is 2.93. The Morgan fingerprint density at radius 3 is 2.45 bits per heavy atom. The lowest BCUT2D eigenvalue weighted by Gasteiger charge is -2.20. The molecule has 5 nitrogen and oxygen atoms in total. The van der Waals surface area contributed by atoms with E-state index in [1.54, 1.807) is 0 Å². The molecule has 0 radical (unpaired) electrons. The lowest BCUT2D eigenvalue weighted by Crippen LogP contribution is -2.32. The number of nitrogens with two attached hydrogens (primary N) is 1. The van der Waals surface area contributed by atoms with Crippen molar-refractivity contribution in [1.82, 2.24) is 15.0 Å². The Bertz CT molecular complexity index is 381. The van der Waals surface area contributed by atoms with Crippen molar-refractivity contribution in [2.24, 2.45) is 5.73 Å². The first-order chi connectivity index (χ1) is 9.74. The molecular formula is C15H28N4O. The van der Waals surface area contributed by atoms with Crippen molar-refractivity contribution in [3.63, 3.8) is 0 Å². The van der Waals surface area contributed by atoms with E-state index in [1.165, 1.54) is 38.5 Å². The second-order valence-corrected chi connectivity index (χ2v) is 5.77. The van der Waals surface area contributed by atoms with Crippen molar-refractivity contribution in [3.8, 4) is 0 Å². The Hall–Kier alpha value is -0.940. The van der Waals surface area contributed by atoms with Gasteiger partial charge in [-0.05, 0) is 25.9 Å². The van der Waals surface area contributed by atoms with Crippen LogP contribution in [0.15, 0.2) is 4.52 Å². The van der Waals surface area contributed by atoms with Gasteiger partial charge >= 0.3 is 0 Å². The number of hydrogen-bond acceptors (Lipinski definition) is 5. The lowest BCUT2D eigenvalue weighted by molar-refractivity contribution is 0.276. The van der Waals surface area contributed by atoms with Crippen LogP contribution in [0.2, 0.25) is 0 Å². The first-order valence-electron chi connectivity index (χ1n) is 8.06. The second-order valence-electron chi connectivity index (χ2n) is 5.77. The van der Waals surface area contributed by atoms with Gasteiger partial charge in [0.05, 0.1) is 6.04 Å². The first kappa shape index (κ1) is 15.4. The van der Waals surface area contributed by atoms with Gasteiger partial charge in [-0.1, -0.05) is 44.7 Å². The third kappa shape index (κ3) is 4.03. The summed E-state index contributed by atoms with van der Waals surface area (Å²) in [7, 11) is 0. The van der Waals surface area contributed by atoms with Crippen LogP contribution in [0.1, 0.15) is 76.0 Å². The van der Waals surface area contributed by atoms with Gasteiger partial charge in [0.1, 0.15) is 0 Å². The number of hydrogen-bond donors (Lipinski definition) is 1. The van der Waals surface area contributed by atoms with Crippen molar-refractivity contribution in [2.75, 3.05) is 19.6 Å². The van der Waals surface area contributed by atoms with Crippen LogP contribution in [0.25, 0.3) is 0 Å². The highest BCUT2D eigenvalue weighted by Crippen LogP contribution is 2.30. The van der Waals surface area contributed by atoms with E-state index in [-0.39, 0.29) is 6.04 Å². The predicted octanol–water partition coefficient (Wildman–Crippen LogP) is 2.85. The van der Waals surface area contributed by atoms with Crippen LogP contribution >= 0.6 is 0 Å². The van der Waals surface area contributed by atoms with Gasteiger partial charge in [0.2, 0.25) is 5.89 Å². The largest absolute Gasteiger partial charge is 0.339 e. The summed E-state index contributed by atoms with van der Waals surface area (Å²) in [5, 5.41) is 4.11. The molecule has 0 amide bonds. The zero-order valence-corrected chi connectivity index (χ0v) is 12.8. The molecule has 0 saturated heterocycles. The van der Waals surface area contributed by atoms with Gasteiger partial charge < -0.3 is 15.2 Å². The van der Waals surface area contributed by atoms with Crippen LogP contribution in [0.3, 0.4) is 0 Å². The Kier molecular flexibility index (Phi) is 5.98. The molecule has 2 rings (SSSR count). The topological polar surface area (TPSA) is 68.2 Å². The van der Waals surface area contributed by atoms with Crippen LogP contribution in [0.5, 0.6) is 0 Å². The monoisotopic (exact) mass is 280 g/mol.